The van der Waals surface area contributed by atoms with E-state index in [1.54, 1.807) is 32.4 Å². The standard InChI is InChI=1S/C21H23NO5/c1-24-17-7-6-15(13-19(17)25-2)21(23)22-9-3-4-16(22)14-5-8-18-20(12-14)27-11-10-26-18/h5-8,12-13,16H,3-4,9-11H2,1-2H3/t16-/m1/s1. The van der Waals surface area contributed by atoms with Crippen LogP contribution >= 0.6 is 0 Å². The van der Waals surface area contributed by atoms with E-state index in [9.17, 15) is 4.79 Å². The van der Waals surface area contributed by atoms with Crippen molar-refractivity contribution in [3.05, 3.63) is 47.5 Å². The molecule has 0 radical (unpaired) electrons. The molecular formula is C21H23NO5. The van der Waals surface area contributed by atoms with Crippen LogP contribution in [-0.2, 0) is 0 Å². The first kappa shape index (κ1) is 17.5. The second-order valence-electron chi connectivity index (χ2n) is 6.63. The molecule has 0 saturated carbocycles. The minimum Gasteiger partial charge on any atom is -0.493 e. The molecule has 2 aromatic carbocycles. The van der Waals surface area contributed by atoms with Crippen LogP contribution in [0.25, 0.3) is 0 Å². The zero-order chi connectivity index (χ0) is 18.8. The number of rotatable bonds is 4. The van der Waals surface area contributed by atoms with Gasteiger partial charge in [-0.3, -0.25) is 4.79 Å². The molecule has 0 N–H and O–H groups in total. The van der Waals surface area contributed by atoms with Gasteiger partial charge < -0.3 is 23.8 Å². The Hall–Kier alpha value is -2.89. The van der Waals surface area contributed by atoms with Gasteiger partial charge in [-0.2, -0.15) is 0 Å². The third kappa shape index (κ3) is 3.27. The fraction of sp³-hybridized carbons (Fsp3) is 0.381. The third-order valence-corrected chi connectivity index (χ3v) is 5.10. The third-order valence-electron chi connectivity index (χ3n) is 5.10. The van der Waals surface area contributed by atoms with Crippen molar-refractivity contribution in [2.24, 2.45) is 0 Å². The molecule has 1 atom stereocenters. The lowest BCUT2D eigenvalue weighted by molar-refractivity contribution is 0.0734. The highest BCUT2D eigenvalue weighted by Gasteiger charge is 2.31. The van der Waals surface area contributed by atoms with E-state index in [0.717, 1.165) is 36.4 Å². The van der Waals surface area contributed by atoms with Gasteiger partial charge in [-0.1, -0.05) is 6.07 Å². The summed E-state index contributed by atoms with van der Waals surface area (Å²) in [6, 6.07) is 11.3. The number of fused-ring (bicyclic) bond motifs is 1. The maximum Gasteiger partial charge on any atom is 0.254 e. The Morgan fingerprint density at radius 2 is 1.78 bits per heavy atom. The van der Waals surface area contributed by atoms with Gasteiger partial charge in [-0.25, -0.2) is 0 Å². The molecule has 0 spiro atoms. The summed E-state index contributed by atoms with van der Waals surface area (Å²) in [4.78, 5) is 15.1. The van der Waals surface area contributed by atoms with E-state index in [4.69, 9.17) is 18.9 Å². The Kier molecular flexibility index (Phi) is 4.79. The summed E-state index contributed by atoms with van der Waals surface area (Å²) in [7, 11) is 3.15. The molecule has 2 heterocycles. The van der Waals surface area contributed by atoms with E-state index in [-0.39, 0.29) is 11.9 Å². The lowest BCUT2D eigenvalue weighted by Gasteiger charge is -2.27. The number of nitrogens with zero attached hydrogens (tertiary/aromatic N) is 1. The summed E-state index contributed by atoms with van der Waals surface area (Å²) in [5.41, 5.74) is 1.67. The van der Waals surface area contributed by atoms with Crippen LogP contribution in [0, 0.1) is 0 Å². The van der Waals surface area contributed by atoms with Crippen LogP contribution in [0.3, 0.4) is 0 Å². The molecule has 6 nitrogen and oxygen atoms in total. The van der Waals surface area contributed by atoms with E-state index < -0.39 is 0 Å². The lowest BCUT2D eigenvalue weighted by atomic mass is 10.0. The summed E-state index contributed by atoms with van der Waals surface area (Å²) in [6.45, 7) is 1.85. The van der Waals surface area contributed by atoms with Gasteiger partial charge in [-0.15, -0.1) is 0 Å². The zero-order valence-electron chi connectivity index (χ0n) is 15.6. The van der Waals surface area contributed by atoms with Crippen molar-refractivity contribution >= 4 is 5.91 Å². The predicted octanol–water partition coefficient (Wildman–Crippen LogP) is 3.45. The van der Waals surface area contributed by atoms with Gasteiger partial charge in [0, 0.05) is 12.1 Å². The Balaban J connectivity index is 1.60. The monoisotopic (exact) mass is 369 g/mol. The Morgan fingerprint density at radius 1 is 1.00 bits per heavy atom. The highest BCUT2D eigenvalue weighted by atomic mass is 16.6. The van der Waals surface area contributed by atoms with Crippen molar-refractivity contribution < 1.29 is 23.7 Å². The first-order valence-electron chi connectivity index (χ1n) is 9.14. The molecule has 27 heavy (non-hydrogen) atoms. The number of ether oxygens (including phenoxy) is 4. The molecule has 6 heteroatoms. The number of benzene rings is 2. The number of hydrogen-bond acceptors (Lipinski definition) is 5. The Labute approximate surface area is 158 Å². The lowest BCUT2D eigenvalue weighted by Crippen LogP contribution is -2.30. The highest BCUT2D eigenvalue weighted by molar-refractivity contribution is 5.95. The average Bonchev–Trinajstić information content (AvgIpc) is 3.22. The Morgan fingerprint density at radius 3 is 2.56 bits per heavy atom. The smallest absolute Gasteiger partial charge is 0.254 e. The first-order valence-corrected chi connectivity index (χ1v) is 9.14. The fourth-order valence-corrected chi connectivity index (χ4v) is 3.76. The molecule has 1 fully saturated rings. The SMILES string of the molecule is COc1ccc(C(=O)N2CCC[C@@H]2c2ccc3c(c2)OCCO3)cc1OC. The van der Waals surface area contributed by atoms with Crippen LogP contribution < -0.4 is 18.9 Å². The quantitative estimate of drug-likeness (QED) is 0.826. The zero-order valence-corrected chi connectivity index (χ0v) is 15.6. The largest absolute Gasteiger partial charge is 0.493 e. The molecule has 0 bridgehead atoms. The number of hydrogen-bond donors (Lipinski definition) is 0. The summed E-state index contributed by atoms with van der Waals surface area (Å²) in [5, 5.41) is 0. The van der Waals surface area contributed by atoms with Crippen LogP contribution in [0.4, 0.5) is 0 Å². The van der Waals surface area contributed by atoms with Crippen LogP contribution in [0.15, 0.2) is 36.4 Å². The number of carbonyl (C=O) groups is 1. The summed E-state index contributed by atoms with van der Waals surface area (Å²) >= 11 is 0. The second-order valence-corrected chi connectivity index (χ2v) is 6.63. The van der Waals surface area contributed by atoms with E-state index in [1.807, 2.05) is 23.1 Å². The van der Waals surface area contributed by atoms with Crippen LogP contribution in [0.1, 0.15) is 34.8 Å². The van der Waals surface area contributed by atoms with Crippen molar-refractivity contribution in [1.82, 2.24) is 4.90 Å². The molecule has 1 saturated heterocycles. The van der Waals surface area contributed by atoms with Gasteiger partial charge in [-0.05, 0) is 48.7 Å². The van der Waals surface area contributed by atoms with E-state index in [1.165, 1.54) is 0 Å². The van der Waals surface area contributed by atoms with Gasteiger partial charge >= 0.3 is 0 Å². The molecule has 2 aliphatic rings. The molecule has 0 aromatic heterocycles. The maximum atomic E-state index is 13.2. The number of amides is 1. The normalized spacial score (nSPS) is 18.3. The Bertz CT molecular complexity index is 850. The van der Waals surface area contributed by atoms with Gasteiger partial charge in [0.05, 0.1) is 20.3 Å². The van der Waals surface area contributed by atoms with Crippen LogP contribution in [-0.4, -0.2) is 44.8 Å². The highest BCUT2D eigenvalue weighted by Crippen LogP contribution is 2.39. The minimum atomic E-state index is -0.00616. The van der Waals surface area contributed by atoms with E-state index >= 15 is 0 Å². The number of methoxy groups -OCH3 is 2. The number of likely N-dealkylation sites (tertiary alicyclic amines) is 1. The first-order chi connectivity index (χ1) is 13.2. The van der Waals surface area contributed by atoms with E-state index in [2.05, 4.69) is 0 Å². The molecular weight excluding hydrogens is 346 g/mol. The molecule has 1 amide bonds. The van der Waals surface area contributed by atoms with Crippen molar-refractivity contribution in [3.63, 3.8) is 0 Å². The summed E-state index contributed by atoms with van der Waals surface area (Å²) in [6.07, 6.45) is 1.90. The van der Waals surface area contributed by atoms with Crippen LogP contribution in [0.5, 0.6) is 23.0 Å². The van der Waals surface area contributed by atoms with Crippen LogP contribution in [0.2, 0.25) is 0 Å². The van der Waals surface area contributed by atoms with Crippen molar-refractivity contribution in [2.45, 2.75) is 18.9 Å². The van der Waals surface area contributed by atoms with Gasteiger partial charge in [0.2, 0.25) is 0 Å². The van der Waals surface area contributed by atoms with Gasteiger partial charge in [0.15, 0.2) is 23.0 Å². The average molecular weight is 369 g/mol. The topological polar surface area (TPSA) is 57.2 Å². The molecule has 142 valence electrons. The molecule has 4 rings (SSSR count). The van der Waals surface area contributed by atoms with Crippen molar-refractivity contribution in [1.29, 1.82) is 0 Å². The maximum absolute atomic E-state index is 13.2. The van der Waals surface area contributed by atoms with E-state index in [0.29, 0.717) is 30.3 Å². The fourth-order valence-electron chi connectivity index (χ4n) is 3.76. The summed E-state index contributed by atoms with van der Waals surface area (Å²) in [5.74, 6) is 2.68. The molecule has 0 unspecified atom stereocenters. The number of carbonyl (C=O) groups excluding carboxylic acids is 1. The molecule has 0 aliphatic carbocycles. The van der Waals surface area contributed by atoms with Crippen molar-refractivity contribution in [3.8, 4) is 23.0 Å². The molecule has 2 aromatic rings. The predicted molar refractivity (Wildman–Crippen MR) is 100.0 cm³/mol. The second kappa shape index (κ2) is 7.39. The minimum absolute atomic E-state index is 0.00616. The van der Waals surface area contributed by atoms with Crippen molar-refractivity contribution in [2.75, 3.05) is 34.0 Å². The molecule has 2 aliphatic heterocycles. The van der Waals surface area contributed by atoms with Gasteiger partial charge in [0.1, 0.15) is 13.2 Å². The van der Waals surface area contributed by atoms with Gasteiger partial charge in [0.25, 0.3) is 5.91 Å². The summed E-state index contributed by atoms with van der Waals surface area (Å²) < 4.78 is 21.9.